The third-order valence-electron chi connectivity index (χ3n) is 0.895. The molecule has 0 fully saturated rings. The first-order valence-corrected chi connectivity index (χ1v) is 3.23. The van der Waals surface area contributed by atoms with Crippen molar-refractivity contribution < 1.29 is 4.74 Å². The standard InChI is InChI=1S/C8H14O/c1-4-6-7-8(3)9-5-2/h4,6-7H,5H2,1-3H3/b6-4-,8-7+. The Labute approximate surface area is 57.0 Å². The Kier molecular flexibility index (Phi) is 4.98. The van der Waals surface area contributed by atoms with Gasteiger partial charge in [0.05, 0.1) is 12.4 Å². The summed E-state index contributed by atoms with van der Waals surface area (Å²) in [6.07, 6.45) is 5.89. The molecule has 0 radical (unpaired) electrons. The molecule has 0 aliphatic carbocycles. The van der Waals surface area contributed by atoms with Crippen LogP contribution in [0.5, 0.6) is 0 Å². The zero-order valence-corrected chi connectivity index (χ0v) is 6.35. The van der Waals surface area contributed by atoms with Gasteiger partial charge in [0.1, 0.15) is 0 Å². The molecular formula is C8H14O. The molecule has 0 unspecified atom stereocenters. The van der Waals surface area contributed by atoms with Crippen LogP contribution < -0.4 is 0 Å². The van der Waals surface area contributed by atoms with Crippen LogP contribution >= 0.6 is 0 Å². The van der Waals surface area contributed by atoms with Gasteiger partial charge in [-0.05, 0) is 26.8 Å². The van der Waals surface area contributed by atoms with Gasteiger partial charge in [0, 0.05) is 0 Å². The van der Waals surface area contributed by atoms with Crippen LogP contribution in [0.1, 0.15) is 20.8 Å². The lowest BCUT2D eigenvalue weighted by Crippen LogP contribution is -1.84. The summed E-state index contributed by atoms with van der Waals surface area (Å²) in [5.41, 5.74) is 0. The first kappa shape index (κ1) is 8.28. The Morgan fingerprint density at radius 2 is 2.22 bits per heavy atom. The second-order valence-corrected chi connectivity index (χ2v) is 1.74. The SMILES string of the molecule is C/C=C\C=C(/C)OCC. The molecule has 9 heavy (non-hydrogen) atoms. The molecule has 0 amide bonds. The van der Waals surface area contributed by atoms with Gasteiger partial charge < -0.3 is 4.74 Å². The van der Waals surface area contributed by atoms with Crippen LogP contribution in [0.15, 0.2) is 24.0 Å². The number of ether oxygens (including phenoxy) is 1. The van der Waals surface area contributed by atoms with E-state index in [1.165, 1.54) is 0 Å². The normalized spacial score (nSPS) is 12.6. The molecule has 0 spiro atoms. The van der Waals surface area contributed by atoms with E-state index in [-0.39, 0.29) is 0 Å². The largest absolute Gasteiger partial charge is 0.499 e. The van der Waals surface area contributed by atoms with E-state index in [0.717, 1.165) is 12.4 Å². The van der Waals surface area contributed by atoms with Gasteiger partial charge in [0.2, 0.25) is 0 Å². The van der Waals surface area contributed by atoms with Crippen molar-refractivity contribution in [2.45, 2.75) is 20.8 Å². The van der Waals surface area contributed by atoms with Gasteiger partial charge in [-0.15, -0.1) is 0 Å². The molecule has 0 heterocycles. The maximum absolute atomic E-state index is 5.15. The highest BCUT2D eigenvalue weighted by molar-refractivity contribution is 5.04. The Balaban J connectivity index is 3.55. The molecular weight excluding hydrogens is 112 g/mol. The fourth-order valence-corrected chi connectivity index (χ4v) is 0.508. The number of hydrogen-bond acceptors (Lipinski definition) is 1. The van der Waals surface area contributed by atoms with Crippen LogP contribution in [0.3, 0.4) is 0 Å². The minimum absolute atomic E-state index is 0.750. The molecule has 1 heteroatoms. The molecule has 1 nitrogen and oxygen atoms in total. The van der Waals surface area contributed by atoms with Gasteiger partial charge in [-0.3, -0.25) is 0 Å². The summed E-state index contributed by atoms with van der Waals surface area (Å²) < 4.78 is 5.15. The third-order valence-corrected chi connectivity index (χ3v) is 0.895. The van der Waals surface area contributed by atoms with Crippen LogP contribution in [0, 0.1) is 0 Å². The van der Waals surface area contributed by atoms with Crippen LogP contribution in [0.25, 0.3) is 0 Å². The van der Waals surface area contributed by atoms with E-state index in [1.807, 2.05) is 39.0 Å². The second kappa shape index (κ2) is 5.42. The molecule has 0 aromatic heterocycles. The van der Waals surface area contributed by atoms with E-state index in [0.29, 0.717) is 0 Å². The Morgan fingerprint density at radius 1 is 1.56 bits per heavy atom. The lowest BCUT2D eigenvalue weighted by atomic mass is 10.4. The van der Waals surface area contributed by atoms with Crippen LogP contribution in [-0.2, 0) is 4.74 Å². The predicted molar refractivity (Wildman–Crippen MR) is 40.2 cm³/mol. The van der Waals surface area contributed by atoms with Crippen LogP contribution in [0.2, 0.25) is 0 Å². The van der Waals surface area contributed by atoms with E-state index in [1.54, 1.807) is 0 Å². The Bertz CT molecular complexity index is 112. The second-order valence-electron chi connectivity index (χ2n) is 1.74. The first-order chi connectivity index (χ1) is 4.31. The zero-order valence-electron chi connectivity index (χ0n) is 6.35. The highest BCUT2D eigenvalue weighted by atomic mass is 16.5. The van der Waals surface area contributed by atoms with Crippen molar-refractivity contribution in [2.75, 3.05) is 6.61 Å². The number of rotatable bonds is 3. The van der Waals surface area contributed by atoms with Crippen molar-refractivity contribution in [3.63, 3.8) is 0 Å². The van der Waals surface area contributed by atoms with Gasteiger partial charge >= 0.3 is 0 Å². The molecule has 0 aliphatic rings. The summed E-state index contributed by atoms with van der Waals surface area (Å²) in [5, 5.41) is 0. The summed E-state index contributed by atoms with van der Waals surface area (Å²) in [4.78, 5) is 0. The third kappa shape index (κ3) is 5.15. The first-order valence-electron chi connectivity index (χ1n) is 3.23. The monoisotopic (exact) mass is 126 g/mol. The lowest BCUT2D eigenvalue weighted by Gasteiger charge is -1.98. The molecule has 0 aliphatic heterocycles. The Hall–Kier alpha value is -0.720. The fourth-order valence-electron chi connectivity index (χ4n) is 0.508. The average molecular weight is 126 g/mol. The highest BCUT2D eigenvalue weighted by Crippen LogP contribution is 1.93. The lowest BCUT2D eigenvalue weighted by molar-refractivity contribution is 0.231. The summed E-state index contributed by atoms with van der Waals surface area (Å²) in [6.45, 7) is 6.66. The average Bonchev–Trinajstić information content (AvgIpc) is 1.85. The summed E-state index contributed by atoms with van der Waals surface area (Å²) in [6, 6.07) is 0. The van der Waals surface area contributed by atoms with Crippen molar-refractivity contribution in [3.05, 3.63) is 24.0 Å². The van der Waals surface area contributed by atoms with E-state index >= 15 is 0 Å². The maximum atomic E-state index is 5.15. The van der Waals surface area contributed by atoms with E-state index < -0.39 is 0 Å². The maximum Gasteiger partial charge on any atom is 0.0928 e. The summed E-state index contributed by atoms with van der Waals surface area (Å²) in [5.74, 6) is 0.968. The van der Waals surface area contributed by atoms with Gasteiger partial charge in [0.15, 0.2) is 0 Å². The fraction of sp³-hybridized carbons (Fsp3) is 0.500. The smallest absolute Gasteiger partial charge is 0.0928 e. The molecule has 0 aromatic carbocycles. The molecule has 0 N–H and O–H groups in total. The van der Waals surface area contributed by atoms with Crippen molar-refractivity contribution in [1.82, 2.24) is 0 Å². The van der Waals surface area contributed by atoms with E-state index in [4.69, 9.17) is 4.74 Å². The molecule has 0 saturated heterocycles. The zero-order chi connectivity index (χ0) is 7.11. The quantitative estimate of drug-likeness (QED) is 0.417. The van der Waals surface area contributed by atoms with Gasteiger partial charge in [-0.2, -0.15) is 0 Å². The highest BCUT2D eigenvalue weighted by Gasteiger charge is 1.79. The Morgan fingerprint density at radius 3 is 2.67 bits per heavy atom. The van der Waals surface area contributed by atoms with Crippen LogP contribution in [-0.4, -0.2) is 6.61 Å². The molecule has 0 atom stereocenters. The topological polar surface area (TPSA) is 9.23 Å². The van der Waals surface area contributed by atoms with E-state index in [2.05, 4.69) is 0 Å². The van der Waals surface area contributed by atoms with Crippen LogP contribution in [0.4, 0.5) is 0 Å². The molecule has 0 bridgehead atoms. The van der Waals surface area contributed by atoms with Gasteiger partial charge in [-0.1, -0.05) is 12.2 Å². The van der Waals surface area contributed by atoms with Gasteiger partial charge in [0.25, 0.3) is 0 Å². The minimum Gasteiger partial charge on any atom is -0.499 e. The number of allylic oxidation sites excluding steroid dienone is 4. The molecule has 0 aromatic rings. The molecule has 0 saturated carbocycles. The molecule has 52 valence electrons. The van der Waals surface area contributed by atoms with E-state index in [9.17, 15) is 0 Å². The number of hydrogen-bond donors (Lipinski definition) is 0. The molecule has 0 rings (SSSR count). The van der Waals surface area contributed by atoms with Crippen molar-refractivity contribution in [2.24, 2.45) is 0 Å². The minimum atomic E-state index is 0.750. The summed E-state index contributed by atoms with van der Waals surface area (Å²) >= 11 is 0. The summed E-state index contributed by atoms with van der Waals surface area (Å²) in [7, 11) is 0. The predicted octanol–water partition coefficient (Wildman–Crippen LogP) is 2.50. The van der Waals surface area contributed by atoms with Gasteiger partial charge in [-0.25, -0.2) is 0 Å². The van der Waals surface area contributed by atoms with Crippen molar-refractivity contribution in [3.8, 4) is 0 Å². The van der Waals surface area contributed by atoms with Crippen molar-refractivity contribution in [1.29, 1.82) is 0 Å². The van der Waals surface area contributed by atoms with Crippen molar-refractivity contribution >= 4 is 0 Å².